The monoisotopic (exact) mass is 627 g/mol. The van der Waals surface area contributed by atoms with Crippen LogP contribution in [0, 0.1) is 6.85 Å². The quantitative estimate of drug-likeness (QED) is 0.191. The number of rotatable bonds is 5. The Balaban J connectivity index is 1.40. The van der Waals surface area contributed by atoms with E-state index in [1.165, 1.54) is 0 Å². The fourth-order valence-corrected chi connectivity index (χ4v) is 7.31. The number of nitrogens with zero attached hydrogens (tertiary/aromatic N) is 2. The van der Waals surface area contributed by atoms with Crippen LogP contribution in [-0.4, -0.2) is 9.55 Å². The number of fused-ring (bicyclic) bond motifs is 8. The molecule has 0 N–H and O–H groups in total. The lowest BCUT2D eigenvalue weighted by Gasteiger charge is -2.24. The maximum absolute atomic E-state index is 8.29. The van der Waals surface area contributed by atoms with Gasteiger partial charge in [-0.2, -0.15) is 0 Å². The van der Waals surface area contributed by atoms with Gasteiger partial charge in [-0.25, -0.2) is 4.98 Å². The maximum atomic E-state index is 8.29. The van der Waals surface area contributed by atoms with Gasteiger partial charge in [-0.3, -0.25) is 4.57 Å². The third-order valence-electron chi connectivity index (χ3n) is 9.65. The third kappa shape index (κ3) is 4.25. The van der Waals surface area contributed by atoms with Crippen molar-refractivity contribution in [2.45, 2.75) is 46.4 Å². The lowest BCUT2D eigenvalue weighted by Crippen LogP contribution is -2.09. The van der Waals surface area contributed by atoms with Crippen LogP contribution >= 0.6 is 0 Å². The number of aryl methyl sites for hydroxylation is 1. The Hall–Kier alpha value is -5.61. The predicted octanol–water partition coefficient (Wildman–Crippen LogP) is 12.7. The van der Waals surface area contributed by atoms with Gasteiger partial charge in [0.1, 0.15) is 17.0 Å². The van der Waals surface area contributed by atoms with Gasteiger partial charge in [0.2, 0.25) is 0 Å². The van der Waals surface area contributed by atoms with Crippen LogP contribution in [0.2, 0.25) is 0 Å². The number of aromatic nitrogens is 2. The van der Waals surface area contributed by atoms with Crippen molar-refractivity contribution in [3.8, 4) is 28.2 Å². The maximum Gasteiger partial charge on any atom is 0.178 e. The molecule has 0 amide bonds. The number of para-hydroxylation sites is 2. The van der Waals surface area contributed by atoms with E-state index in [2.05, 4.69) is 92.9 Å². The molecule has 0 saturated heterocycles. The van der Waals surface area contributed by atoms with E-state index in [0.717, 1.165) is 66.1 Å². The summed E-state index contributed by atoms with van der Waals surface area (Å²) >= 11 is 0. The van der Waals surface area contributed by atoms with Gasteiger partial charge in [0.05, 0.1) is 22.3 Å². The Kier molecular flexibility index (Phi) is 5.69. The molecule has 9 rings (SSSR count). The number of hydrogen-bond acceptors (Lipinski definition) is 3. The van der Waals surface area contributed by atoms with Crippen LogP contribution in [0.4, 0.5) is 0 Å². The van der Waals surface area contributed by atoms with Crippen molar-refractivity contribution in [3.63, 3.8) is 0 Å². The highest BCUT2D eigenvalue weighted by Gasteiger charge is 2.26. The van der Waals surface area contributed by atoms with E-state index < -0.39 is 6.85 Å². The van der Waals surface area contributed by atoms with Crippen LogP contribution in [-0.2, 0) is 0 Å². The van der Waals surface area contributed by atoms with Crippen LogP contribution in [0.15, 0.2) is 124 Å². The molecule has 234 valence electrons. The highest BCUT2D eigenvalue weighted by atomic mass is 16.4. The summed E-state index contributed by atoms with van der Waals surface area (Å²) in [6.07, 6.45) is 0. The van der Waals surface area contributed by atoms with Gasteiger partial charge in [-0.05, 0) is 95.0 Å². The SMILES string of the molecule is [2H]C([2H])([2H])c1ccc2nc(-c3cccc4c3oc3c4ccc4c5ccccc5oc43)n(-c3c(C(C)C)cc(-c4ccccc4)cc3C(C)C)c2c1. The fraction of sp³-hybridized carbons (Fsp3) is 0.159. The van der Waals surface area contributed by atoms with Gasteiger partial charge in [0, 0.05) is 25.7 Å². The summed E-state index contributed by atoms with van der Waals surface area (Å²) in [4.78, 5) is 5.28. The highest BCUT2D eigenvalue weighted by molar-refractivity contribution is 6.20. The van der Waals surface area contributed by atoms with E-state index in [0.29, 0.717) is 28.1 Å². The van der Waals surface area contributed by atoms with Gasteiger partial charge in [-0.1, -0.05) is 94.4 Å². The summed E-state index contributed by atoms with van der Waals surface area (Å²) in [6.45, 7) is 6.57. The molecule has 48 heavy (non-hydrogen) atoms. The molecule has 0 spiro atoms. The van der Waals surface area contributed by atoms with Crippen LogP contribution in [0.3, 0.4) is 0 Å². The summed E-state index contributed by atoms with van der Waals surface area (Å²) in [5.74, 6) is 0.996. The van der Waals surface area contributed by atoms with E-state index in [1.807, 2.05) is 42.5 Å². The lowest BCUT2D eigenvalue weighted by atomic mass is 9.88. The van der Waals surface area contributed by atoms with Gasteiger partial charge in [0.15, 0.2) is 11.2 Å². The molecule has 0 radical (unpaired) electrons. The summed E-state index contributed by atoms with van der Waals surface area (Å²) < 4.78 is 40.3. The van der Waals surface area contributed by atoms with Crippen LogP contribution in [0.5, 0.6) is 0 Å². The van der Waals surface area contributed by atoms with Crippen LogP contribution < -0.4 is 0 Å². The zero-order valence-corrected chi connectivity index (χ0v) is 27.3. The van der Waals surface area contributed by atoms with E-state index in [-0.39, 0.29) is 17.4 Å². The standard InChI is InChI=1S/C44H36N2O2/c1-25(2)35-23-29(28-12-7-6-8-13-28)24-36(26(3)4)40(35)46-38-22-27(5)18-21-37(38)45-44(46)34-16-11-15-31-33-20-19-32-30-14-9-10-17-39(30)47-42(32)43(33)48-41(31)34/h6-26H,1-5H3/i5D3. The largest absolute Gasteiger partial charge is 0.452 e. The van der Waals surface area contributed by atoms with E-state index in [1.54, 1.807) is 12.1 Å². The zero-order chi connectivity index (χ0) is 35.2. The summed E-state index contributed by atoms with van der Waals surface area (Å²) in [6, 6.07) is 38.7. The summed E-state index contributed by atoms with van der Waals surface area (Å²) in [5, 5.41) is 3.97. The molecule has 0 bridgehead atoms. The first-order valence-corrected chi connectivity index (χ1v) is 16.6. The number of imidazole rings is 1. The van der Waals surface area contributed by atoms with Crippen LogP contribution in [0.25, 0.3) is 83.1 Å². The minimum atomic E-state index is -2.28. The molecule has 3 heterocycles. The Morgan fingerprint density at radius 3 is 2.02 bits per heavy atom. The van der Waals surface area contributed by atoms with Crippen molar-refractivity contribution in [1.29, 1.82) is 0 Å². The first-order chi connectivity index (χ1) is 24.6. The molecule has 0 aliphatic heterocycles. The molecule has 6 aromatic carbocycles. The van der Waals surface area contributed by atoms with Crippen molar-refractivity contribution < 1.29 is 12.9 Å². The molecular formula is C44H36N2O2. The topological polar surface area (TPSA) is 44.1 Å². The Morgan fingerprint density at radius 1 is 0.604 bits per heavy atom. The summed E-state index contributed by atoms with van der Waals surface area (Å²) in [5.41, 5.74) is 11.1. The first kappa shape index (κ1) is 25.5. The minimum absolute atomic E-state index is 0.153. The molecule has 0 aliphatic rings. The second-order valence-electron chi connectivity index (χ2n) is 13.4. The number of hydrogen-bond donors (Lipinski definition) is 0. The molecule has 0 saturated carbocycles. The average Bonchev–Trinajstić information content (AvgIpc) is 3.82. The molecule has 0 atom stereocenters. The second-order valence-corrected chi connectivity index (χ2v) is 13.4. The molecular weight excluding hydrogens is 588 g/mol. The van der Waals surface area contributed by atoms with Crippen molar-refractivity contribution in [1.82, 2.24) is 9.55 Å². The van der Waals surface area contributed by atoms with Crippen molar-refractivity contribution in [2.24, 2.45) is 0 Å². The lowest BCUT2D eigenvalue weighted by molar-refractivity contribution is 0.633. The molecule has 0 fully saturated rings. The summed E-state index contributed by atoms with van der Waals surface area (Å²) in [7, 11) is 0. The fourth-order valence-electron chi connectivity index (χ4n) is 7.31. The van der Waals surface area contributed by atoms with E-state index in [4.69, 9.17) is 17.9 Å². The Labute approximate surface area is 283 Å². The van der Waals surface area contributed by atoms with Gasteiger partial charge >= 0.3 is 0 Å². The van der Waals surface area contributed by atoms with Crippen molar-refractivity contribution in [3.05, 3.63) is 132 Å². The molecule has 3 aromatic heterocycles. The van der Waals surface area contributed by atoms with Crippen LogP contribution in [0.1, 0.15) is 60.3 Å². The number of furan rings is 2. The predicted molar refractivity (Wildman–Crippen MR) is 199 cm³/mol. The van der Waals surface area contributed by atoms with E-state index >= 15 is 0 Å². The van der Waals surface area contributed by atoms with Crippen molar-refractivity contribution in [2.75, 3.05) is 0 Å². The van der Waals surface area contributed by atoms with Gasteiger partial charge < -0.3 is 8.83 Å². The molecule has 0 unspecified atom stereocenters. The van der Waals surface area contributed by atoms with Crippen molar-refractivity contribution >= 4 is 54.9 Å². The first-order valence-electron chi connectivity index (χ1n) is 18.1. The highest BCUT2D eigenvalue weighted by Crippen LogP contribution is 2.44. The minimum Gasteiger partial charge on any atom is -0.452 e. The average molecular weight is 628 g/mol. The normalized spacial score (nSPS) is 13.4. The van der Waals surface area contributed by atoms with Gasteiger partial charge in [-0.15, -0.1) is 0 Å². The Morgan fingerprint density at radius 2 is 1.27 bits per heavy atom. The van der Waals surface area contributed by atoms with E-state index in [9.17, 15) is 0 Å². The molecule has 4 heteroatoms. The Bertz CT molecular complexity index is 2770. The molecule has 4 nitrogen and oxygen atoms in total. The molecule has 9 aromatic rings. The number of benzene rings is 6. The zero-order valence-electron chi connectivity index (χ0n) is 30.3. The smallest absolute Gasteiger partial charge is 0.178 e. The third-order valence-corrected chi connectivity index (χ3v) is 9.65. The molecule has 0 aliphatic carbocycles. The second kappa shape index (κ2) is 10.7. The van der Waals surface area contributed by atoms with Gasteiger partial charge in [0.25, 0.3) is 0 Å².